The summed E-state index contributed by atoms with van der Waals surface area (Å²) in [5.74, 6) is -0.520. The van der Waals surface area contributed by atoms with E-state index in [1.54, 1.807) is 6.07 Å². The number of hydrogen-bond acceptors (Lipinski definition) is 7. The molecule has 0 N–H and O–H groups in total. The van der Waals surface area contributed by atoms with Crippen LogP contribution >= 0.6 is 0 Å². The van der Waals surface area contributed by atoms with Crippen LogP contribution in [0.3, 0.4) is 0 Å². The summed E-state index contributed by atoms with van der Waals surface area (Å²) < 4.78 is 36.1. The highest BCUT2D eigenvalue weighted by Crippen LogP contribution is 2.30. The van der Waals surface area contributed by atoms with Gasteiger partial charge in [0, 0.05) is 6.54 Å². The highest BCUT2D eigenvalue weighted by atomic mass is 32.2. The molecule has 9 heteroatoms. The summed E-state index contributed by atoms with van der Waals surface area (Å²) in [6.07, 6.45) is 0.918. The lowest BCUT2D eigenvalue weighted by atomic mass is 10.2. The highest BCUT2D eigenvalue weighted by molar-refractivity contribution is 7.89. The van der Waals surface area contributed by atoms with Crippen LogP contribution in [0.25, 0.3) is 0 Å². The summed E-state index contributed by atoms with van der Waals surface area (Å²) in [4.78, 5) is 11.9. The maximum absolute atomic E-state index is 12.7. The average molecular weight is 313 g/mol. The quantitative estimate of drug-likeness (QED) is 0.744. The van der Waals surface area contributed by atoms with Crippen molar-refractivity contribution in [3.05, 3.63) is 11.5 Å². The van der Waals surface area contributed by atoms with Crippen molar-refractivity contribution in [1.29, 1.82) is 5.26 Å². The van der Waals surface area contributed by atoms with E-state index in [4.69, 9.17) is 14.5 Å². The fourth-order valence-electron chi connectivity index (χ4n) is 2.42. The molecule has 8 nitrogen and oxygen atoms in total. The molecule has 0 bridgehead atoms. The molecule has 0 amide bonds. The first-order valence-electron chi connectivity index (χ1n) is 6.38. The SMILES string of the molecule is Cc1noc(C)c1S(=O)(=O)N1CCC[C@H]1C(=O)OCC#N. The standard InChI is InChI=1S/C12H15N3O5S/c1-8-11(9(2)20-14-8)21(17,18)15-6-3-4-10(15)12(16)19-7-5-13/h10H,3-4,6-7H2,1-2H3/t10-/m0/s1. The van der Waals surface area contributed by atoms with Gasteiger partial charge in [-0.15, -0.1) is 0 Å². The number of sulfonamides is 1. The average Bonchev–Trinajstić information content (AvgIpc) is 3.03. The van der Waals surface area contributed by atoms with Crippen LogP contribution in [-0.2, 0) is 19.6 Å². The Bertz CT molecular complexity index is 669. The maximum Gasteiger partial charge on any atom is 0.325 e. The second-order valence-corrected chi connectivity index (χ2v) is 6.52. The highest BCUT2D eigenvalue weighted by Gasteiger charge is 2.42. The fraction of sp³-hybridized carbons (Fsp3) is 0.583. The molecule has 0 radical (unpaired) electrons. The minimum absolute atomic E-state index is 0.0116. The largest absolute Gasteiger partial charge is 0.449 e. The number of ether oxygens (including phenoxy) is 1. The minimum Gasteiger partial charge on any atom is -0.449 e. The number of nitriles is 1. The Morgan fingerprint density at radius 1 is 1.57 bits per heavy atom. The van der Waals surface area contributed by atoms with E-state index in [0.29, 0.717) is 12.8 Å². The van der Waals surface area contributed by atoms with E-state index in [1.165, 1.54) is 13.8 Å². The van der Waals surface area contributed by atoms with Crippen molar-refractivity contribution in [2.24, 2.45) is 0 Å². The van der Waals surface area contributed by atoms with Crippen LogP contribution in [0.2, 0.25) is 0 Å². The van der Waals surface area contributed by atoms with Gasteiger partial charge in [-0.25, -0.2) is 8.42 Å². The molecule has 0 aromatic carbocycles. The molecule has 0 unspecified atom stereocenters. The van der Waals surface area contributed by atoms with Crippen LogP contribution in [0.4, 0.5) is 0 Å². The van der Waals surface area contributed by atoms with E-state index in [0.717, 1.165) is 4.31 Å². The number of aryl methyl sites for hydroxylation is 2. The summed E-state index contributed by atoms with van der Waals surface area (Å²) in [5.41, 5.74) is 0.253. The molecule has 0 spiro atoms. The number of hydrogen-bond donors (Lipinski definition) is 0. The van der Waals surface area contributed by atoms with Crippen molar-refractivity contribution in [2.45, 2.75) is 37.6 Å². The van der Waals surface area contributed by atoms with Gasteiger partial charge in [-0.3, -0.25) is 4.79 Å². The van der Waals surface area contributed by atoms with Crippen LogP contribution in [0.5, 0.6) is 0 Å². The normalized spacial score (nSPS) is 19.4. The Morgan fingerprint density at radius 3 is 2.86 bits per heavy atom. The molecule has 1 aliphatic rings. The monoisotopic (exact) mass is 313 g/mol. The Morgan fingerprint density at radius 2 is 2.29 bits per heavy atom. The van der Waals surface area contributed by atoms with Gasteiger partial charge in [0.1, 0.15) is 22.7 Å². The molecule has 2 heterocycles. The summed E-state index contributed by atoms with van der Waals surface area (Å²) in [5, 5.41) is 12.1. The summed E-state index contributed by atoms with van der Waals surface area (Å²) in [7, 11) is -3.88. The Hall–Kier alpha value is -1.92. The fourth-order valence-corrected chi connectivity index (χ4v) is 4.36. The molecule has 21 heavy (non-hydrogen) atoms. The zero-order valence-electron chi connectivity index (χ0n) is 11.7. The van der Waals surface area contributed by atoms with Crippen LogP contribution in [0, 0.1) is 25.2 Å². The van der Waals surface area contributed by atoms with Crippen LogP contribution in [0.1, 0.15) is 24.3 Å². The van der Waals surface area contributed by atoms with Gasteiger partial charge in [0.25, 0.3) is 0 Å². The molecule has 0 aliphatic carbocycles. The van der Waals surface area contributed by atoms with E-state index in [9.17, 15) is 13.2 Å². The molecule has 1 atom stereocenters. The Kier molecular flexibility index (Phi) is 4.29. The van der Waals surface area contributed by atoms with Crippen LogP contribution in [-0.4, -0.2) is 43.0 Å². The van der Waals surface area contributed by atoms with Gasteiger partial charge in [0.15, 0.2) is 12.4 Å². The number of carbonyl (C=O) groups is 1. The molecule has 2 rings (SSSR count). The third kappa shape index (κ3) is 2.77. The zero-order valence-corrected chi connectivity index (χ0v) is 12.5. The van der Waals surface area contributed by atoms with Crippen molar-refractivity contribution in [1.82, 2.24) is 9.46 Å². The van der Waals surface area contributed by atoms with Gasteiger partial charge < -0.3 is 9.26 Å². The van der Waals surface area contributed by atoms with Gasteiger partial charge in [-0.2, -0.15) is 9.57 Å². The zero-order chi connectivity index (χ0) is 15.6. The molecule has 114 valence electrons. The molecular weight excluding hydrogens is 298 g/mol. The molecule has 1 aliphatic heterocycles. The Labute approximate surface area is 122 Å². The molecule has 1 aromatic heterocycles. The second kappa shape index (κ2) is 5.83. The van der Waals surface area contributed by atoms with Gasteiger partial charge in [-0.05, 0) is 26.7 Å². The smallest absolute Gasteiger partial charge is 0.325 e. The van der Waals surface area contributed by atoms with E-state index < -0.39 is 28.6 Å². The third-order valence-electron chi connectivity index (χ3n) is 3.29. The second-order valence-electron chi connectivity index (χ2n) is 4.69. The van der Waals surface area contributed by atoms with Crippen LogP contribution in [0.15, 0.2) is 9.42 Å². The van der Waals surface area contributed by atoms with Crippen molar-refractivity contribution >= 4 is 16.0 Å². The van der Waals surface area contributed by atoms with Crippen molar-refractivity contribution in [3.8, 4) is 6.07 Å². The van der Waals surface area contributed by atoms with Gasteiger partial charge in [0.05, 0.1) is 0 Å². The summed E-state index contributed by atoms with van der Waals surface area (Å²) >= 11 is 0. The lowest BCUT2D eigenvalue weighted by Gasteiger charge is -2.22. The lowest BCUT2D eigenvalue weighted by molar-refractivity contribution is -0.146. The number of esters is 1. The Balaban J connectivity index is 2.32. The first kappa shape index (κ1) is 15.5. The molecule has 0 saturated carbocycles. The van der Waals surface area contributed by atoms with Crippen LogP contribution < -0.4 is 0 Å². The first-order chi connectivity index (χ1) is 9.89. The predicted octanol–water partition coefficient (Wildman–Crippen LogP) is 0.511. The molecule has 1 aromatic rings. The molecular formula is C12H15N3O5S. The van der Waals surface area contributed by atoms with Crippen molar-refractivity contribution < 1.29 is 22.5 Å². The summed E-state index contributed by atoms with van der Waals surface area (Å²) in [6.45, 7) is 2.86. The summed E-state index contributed by atoms with van der Waals surface area (Å²) in [6, 6.07) is 0.780. The number of rotatable bonds is 4. The first-order valence-corrected chi connectivity index (χ1v) is 7.82. The van der Waals surface area contributed by atoms with Gasteiger partial charge in [0.2, 0.25) is 10.0 Å². The van der Waals surface area contributed by atoms with Gasteiger partial charge >= 0.3 is 5.97 Å². The van der Waals surface area contributed by atoms with Gasteiger partial charge in [-0.1, -0.05) is 5.16 Å². The van der Waals surface area contributed by atoms with E-state index in [1.807, 2.05) is 0 Å². The minimum atomic E-state index is -3.88. The number of carbonyl (C=O) groups excluding carboxylic acids is 1. The van der Waals surface area contributed by atoms with E-state index >= 15 is 0 Å². The lowest BCUT2D eigenvalue weighted by Crippen LogP contribution is -2.41. The topological polar surface area (TPSA) is 114 Å². The van der Waals surface area contributed by atoms with Crippen molar-refractivity contribution in [2.75, 3.05) is 13.2 Å². The predicted molar refractivity (Wildman–Crippen MR) is 69.5 cm³/mol. The van der Waals surface area contributed by atoms with E-state index in [-0.39, 0.29) is 22.9 Å². The van der Waals surface area contributed by atoms with Crippen molar-refractivity contribution in [3.63, 3.8) is 0 Å². The van der Waals surface area contributed by atoms with E-state index in [2.05, 4.69) is 5.16 Å². The molecule has 1 fully saturated rings. The molecule has 1 saturated heterocycles. The third-order valence-corrected chi connectivity index (χ3v) is 5.44. The maximum atomic E-state index is 12.7. The number of aromatic nitrogens is 1. The number of nitrogens with zero attached hydrogens (tertiary/aromatic N) is 3.